The van der Waals surface area contributed by atoms with Crippen LogP contribution in [-0.4, -0.2) is 26.1 Å². The number of anilines is 1. The van der Waals surface area contributed by atoms with Gasteiger partial charge in [0.2, 0.25) is 11.0 Å². The number of hydrogen-bond donors (Lipinski definition) is 1. The van der Waals surface area contributed by atoms with Gasteiger partial charge >= 0.3 is 0 Å². The van der Waals surface area contributed by atoms with E-state index in [-0.39, 0.29) is 12.3 Å². The maximum Gasteiger partial charge on any atom is 0.232 e. The highest BCUT2D eigenvalue weighted by Crippen LogP contribution is 2.23. The SMILES string of the molecule is CCc1nnc(NC(=O)Cc2csc(-c3cccnc3)n2)s1. The van der Waals surface area contributed by atoms with E-state index in [2.05, 4.69) is 25.5 Å². The highest BCUT2D eigenvalue weighted by molar-refractivity contribution is 7.15. The topological polar surface area (TPSA) is 80.7 Å². The number of hydrogen-bond acceptors (Lipinski definition) is 7. The van der Waals surface area contributed by atoms with Gasteiger partial charge in [0.15, 0.2) is 0 Å². The van der Waals surface area contributed by atoms with Gasteiger partial charge in [0, 0.05) is 23.3 Å². The minimum absolute atomic E-state index is 0.137. The van der Waals surface area contributed by atoms with E-state index in [1.165, 1.54) is 22.7 Å². The number of aryl methyl sites for hydroxylation is 1. The number of carbonyl (C=O) groups excluding carboxylic acids is 1. The summed E-state index contributed by atoms with van der Waals surface area (Å²) >= 11 is 2.90. The van der Waals surface area contributed by atoms with E-state index in [1.54, 1.807) is 12.4 Å². The Balaban J connectivity index is 1.63. The molecular weight excluding hydrogens is 318 g/mol. The van der Waals surface area contributed by atoms with Gasteiger partial charge in [-0.25, -0.2) is 4.98 Å². The molecule has 1 N–H and O–H groups in total. The summed E-state index contributed by atoms with van der Waals surface area (Å²) in [7, 11) is 0. The largest absolute Gasteiger partial charge is 0.300 e. The number of amides is 1. The van der Waals surface area contributed by atoms with Crippen LogP contribution < -0.4 is 5.32 Å². The quantitative estimate of drug-likeness (QED) is 0.777. The van der Waals surface area contributed by atoms with Gasteiger partial charge in [-0.2, -0.15) is 0 Å². The fourth-order valence-electron chi connectivity index (χ4n) is 1.78. The van der Waals surface area contributed by atoms with Gasteiger partial charge in [0.1, 0.15) is 10.0 Å². The van der Waals surface area contributed by atoms with Gasteiger partial charge in [-0.15, -0.1) is 21.5 Å². The summed E-state index contributed by atoms with van der Waals surface area (Å²) in [6.07, 6.45) is 4.51. The number of nitrogens with one attached hydrogen (secondary N) is 1. The number of thiazole rings is 1. The smallest absolute Gasteiger partial charge is 0.232 e. The van der Waals surface area contributed by atoms with E-state index in [0.29, 0.717) is 5.13 Å². The van der Waals surface area contributed by atoms with Gasteiger partial charge in [0.05, 0.1) is 12.1 Å². The summed E-state index contributed by atoms with van der Waals surface area (Å²) < 4.78 is 0. The van der Waals surface area contributed by atoms with Crippen LogP contribution in [0.1, 0.15) is 17.6 Å². The first-order valence-electron chi connectivity index (χ1n) is 6.71. The minimum atomic E-state index is -0.137. The van der Waals surface area contributed by atoms with Crippen molar-refractivity contribution >= 4 is 33.7 Å². The van der Waals surface area contributed by atoms with Crippen molar-refractivity contribution in [1.29, 1.82) is 0 Å². The molecule has 0 aliphatic rings. The van der Waals surface area contributed by atoms with Gasteiger partial charge in [-0.05, 0) is 18.6 Å². The van der Waals surface area contributed by atoms with Crippen LogP contribution in [0.15, 0.2) is 29.9 Å². The summed E-state index contributed by atoms with van der Waals surface area (Å²) in [4.78, 5) is 20.5. The zero-order chi connectivity index (χ0) is 15.4. The average molecular weight is 331 g/mol. The predicted molar refractivity (Wildman–Crippen MR) is 87.0 cm³/mol. The second kappa shape index (κ2) is 6.71. The number of aromatic nitrogens is 4. The Bertz CT molecular complexity index is 768. The third-order valence-electron chi connectivity index (χ3n) is 2.82. The molecule has 0 aliphatic heterocycles. The Kier molecular flexibility index (Phi) is 4.50. The first-order valence-corrected chi connectivity index (χ1v) is 8.41. The van der Waals surface area contributed by atoms with Crippen LogP contribution in [0.3, 0.4) is 0 Å². The molecule has 3 rings (SSSR count). The van der Waals surface area contributed by atoms with Gasteiger partial charge in [-0.3, -0.25) is 9.78 Å². The normalized spacial score (nSPS) is 10.6. The van der Waals surface area contributed by atoms with Crippen LogP contribution in [0.2, 0.25) is 0 Å². The third-order valence-corrected chi connectivity index (χ3v) is 4.74. The fourth-order valence-corrected chi connectivity index (χ4v) is 3.29. The zero-order valence-electron chi connectivity index (χ0n) is 11.8. The summed E-state index contributed by atoms with van der Waals surface area (Å²) in [5.41, 5.74) is 1.69. The number of nitrogens with zero attached hydrogens (tertiary/aromatic N) is 4. The van der Waals surface area contributed by atoms with Crippen molar-refractivity contribution in [3.63, 3.8) is 0 Å². The van der Waals surface area contributed by atoms with E-state index in [0.717, 1.165) is 27.7 Å². The van der Waals surface area contributed by atoms with Crippen molar-refractivity contribution in [3.8, 4) is 10.6 Å². The van der Waals surface area contributed by atoms with E-state index in [9.17, 15) is 4.79 Å². The lowest BCUT2D eigenvalue weighted by atomic mass is 10.3. The van der Waals surface area contributed by atoms with E-state index >= 15 is 0 Å². The lowest BCUT2D eigenvalue weighted by Crippen LogP contribution is -2.14. The molecule has 0 radical (unpaired) electrons. The molecule has 0 spiro atoms. The molecule has 112 valence electrons. The van der Waals surface area contributed by atoms with Crippen molar-refractivity contribution in [2.75, 3.05) is 5.32 Å². The van der Waals surface area contributed by atoms with E-state index in [4.69, 9.17) is 0 Å². The molecule has 3 heterocycles. The molecule has 1 amide bonds. The minimum Gasteiger partial charge on any atom is -0.300 e. The second-order valence-corrected chi connectivity index (χ2v) is 6.39. The van der Waals surface area contributed by atoms with Crippen molar-refractivity contribution in [2.45, 2.75) is 19.8 Å². The van der Waals surface area contributed by atoms with Crippen LogP contribution in [0.5, 0.6) is 0 Å². The summed E-state index contributed by atoms with van der Waals surface area (Å²) in [6, 6.07) is 3.81. The molecule has 0 aliphatic carbocycles. The standard InChI is InChI=1S/C14H13N5OS2/c1-2-12-18-19-14(22-12)17-11(20)6-10-8-21-13(16-10)9-4-3-5-15-7-9/h3-5,7-8H,2,6H2,1H3,(H,17,19,20). The Morgan fingerprint density at radius 3 is 3.00 bits per heavy atom. The third kappa shape index (κ3) is 3.52. The van der Waals surface area contributed by atoms with Gasteiger partial charge < -0.3 is 5.32 Å². The van der Waals surface area contributed by atoms with Crippen molar-refractivity contribution < 1.29 is 4.79 Å². The van der Waals surface area contributed by atoms with Crippen LogP contribution in [-0.2, 0) is 17.6 Å². The van der Waals surface area contributed by atoms with Crippen molar-refractivity contribution in [2.24, 2.45) is 0 Å². The summed E-state index contributed by atoms with van der Waals surface area (Å²) in [6.45, 7) is 2.00. The second-order valence-electron chi connectivity index (χ2n) is 4.47. The Hall–Kier alpha value is -2.19. The fraction of sp³-hybridized carbons (Fsp3) is 0.214. The van der Waals surface area contributed by atoms with Crippen LogP contribution >= 0.6 is 22.7 Å². The zero-order valence-corrected chi connectivity index (χ0v) is 13.4. The molecule has 0 saturated heterocycles. The Morgan fingerprint density at radius 2 is 2.27 bits per heavy atom. The number of rotatable bonds is 5. The van der Waals surface area contributed by atoms with Crippen molar-refractivity contribution in [3.05, 3.63) is 40.6 Å². The molecule has 3 aromatic heterocycles. The highest BCUT2D eigenvalue weighted by atomic mass is 32.1. The average Bonchev–Trinajstić information content (AvgIpc) is 3.17. The lowest BCUT2D eigenvalue weighted by molar-refractivity contribution is -0.115. The van der Waals surface area contributed by atoms with Crippen LogP contribution in [0, 0.1) is 0 Å². The number of carbonyl (C=O) groups is 1. The molecule has 0 fully saturated rings. The molecule has 6 nitrogen and oxygen atoms in total. The maximum atomic E-state index is 12.0. The van der Waals surface area contributed by atoms with Crippen LogP contribution in [0.25, 0.3) is 10.6 Å². The monoisotopic (exact) mass is 331 g/mol. The molecule has 0 aromatic carbocycles. The summed E-state index contributed by atoms with van der Waals surface area (Å²) in [5.74, 6) is -0.137. The molecule has 0 saturated carbocycles. The van der Waals surface area contributed by atoms with Crippen LogP contribution in [0.4, 0.5) is 5.13 Å². The first kappa shape index (κ1) is 14.7. The first-order chi connectivity index (χ1) is 10.7. The molecule has 0 atom stereocenters. The maximum absolute atomic E-state index is 12.0. The van der Waals surface area contributed by atoms with Gasteiger partial charge in [-0.1, -0.05) is 18.3 Å². The molecular formula is C14H13N5OS2. The Morgan fingerprint density at radius 1 is 1.36 bits per heavy atom. The van der Waals surface area contributed by atoms with Gasteiger partial charge in [0.25, 0.3) is 0 Å². The highest BCUT2D eigenvalue weighted by Gasteiger charge is 2.11. The predicted octanol–water partition coefficient (Wildman–Crippen LogP) is 2.80. The lowest BCUT2D eigenvalue weighted by Gasteiger charge is -1.98. The Labute approximate surface area is 135 Å². The summed E-state index contributed by atoms with van der Waals surface area (Å²) in [5, 5.41) is 14.8. The molecule has 0 unspecified atom stereocenters. The van der Waals surface area contributed by atoms with E-state index < -0.39 is 0 Å². The van der Waals surface area contributed by atoms with E-state index in [1.807, 2.05) is 24.4 Å². The number of pyridine rings is 1. The molecule has 8 heteroatoms. The van der Waals surface area contributed by atoms with Crippen molar-refractivity contribution in [1.82, 2.24) is 20.2 Å². The molecule has 3 aromatic rings. The molecule has 0 bridgehead atoms. The molecule has 22 heavy (non-hydrogen) atoms.